The van der Waals surface area contributed by atoms with Gasteiger partial charge in [0.05, 0.1) is 26.7 Å². The molecule has 1 atom stereocenters. The fourth-order valence-electron chi connectivity index (χ4n) is 2.95. The monoisotopic (exact) mass is 341 g/mol. The molecule has 1 N–H and O–H groups in total. The molecule has 0 unspecified atom stereocenters. The summed E-state index contributed by atoms with van der Waals surface area (Å²) in [5.74, 6) is 1.37. The lowest BCUT2D eigenvalue weighted by molar-refractivity contribution is -0.121. The molecule has 134 valence electrons. The third kappa shape index (κ3) is 4.75. The zero-order valence-corrected chi connectivity index (χ0v) is 15.7. The fourth-order valence-corrected chi connectivity index (χ4v) is 2.95. The maximum Gasteiger partial charge on any atom is 0.224 e. The Balaban J connectivity index is 2.12. The van der Waals surface area contributed by atoms with E-state index in [2.05, 4.69) is 25.2 Å². The molecule has 2 rings (SSSR count). The number of benzene rings is 2. The van der Waals surface area contributed by atoms with E-state index in [1.165, 1.54) is 5.56 Å². The van der Waals surface area contributed by atoms with E-state index in [1.54, 1.807) is 14.2 Å². The molecule has 0 saturated carbocycles. The molecule has 2 aromatic carbocycles. The van der Waals surface area contributed by atoms with Crippen molar-refractivity contribution < 1.29 is 14.3 Å². The van der Waals surface area contributed by atoms with Crippen molar-refractivity contribution in [1.29, 1.82) is 0 Å². The van der Waals surface area contributed by atoms with Crippen LogP contribution in [0.2, 0.25) is 0 Å². The number of rotatable bonds is 7. The van der Waals surface area contributed by atoms with Crippen LogP contribution in [0.25, 0.3) is 0 Å². The summed E-state index contributed by atoms with van der Waals surface area (Å²) in [6.45, 7) is 6.15. The first-order valence-electron chi connectivity index (χ1n) is 8.55. The van der Waals surface area contributed by atoms with Gasteiger partial charge in [-0.3, -0.25) is 4.79 Å². The number of hydrogen-bond acceptors (Lipinski definition) is 3. The molecule has 0 heterocycles. The number of hydrogen-bond donors (Lipinski definition) is 1. The van der Waals surface area contributed by atoms with Gasteiger partial charge in [0.2, 0.25) is 5.91 Å². The Morgan fingerprint density at radius 3 is 2.36 bits per heavy atom. The zero-order chi connectivity index (χ0) is 18.4. The van der Waals surface area contributed by atoms with Crippen LogP contribution in [0.4, 0.5) is 0 Å². The summed E-state index contributed by atoms with van der Waals surface area (Å²) in [6.07, 6.45) is 1.18. The van der Waals surface area contributed by atoms with Crippen LogP contribution in [0.1, 0.15) is 41.6 Å². The molecule has 0 aliphatic rings. The van der Waals surface area contributed by atoms with E-state index in [4.69, 9.17) is 9.47 Å². The predicted molar refractivity (Wildman–Crippen MR) is 100 cm³/mol. The van der Waals surface area contributed by atoms with Crippen molar-refractivity contribution >= 4 is 5.91 Å². The molecule has 4 nitrogen and oxygen atoms in total. The minimum Gasteiger partial charge on any atom is -0.493 e. The van der Waals surface area contributed by atoms with Crippen LogP contribution < -0.4 is 14.8 Å². The van der Waals surface area contributed by atoms with Crippen molar-refractivity contribution in [3.63, 3.8) is 0 Å². The first-order chi connectivity index (χ1) is 12.0. The van der Waals surface area contributed by atoms with Gasteiger partial charge in [0.15, 0.2) is 11.5 Å². The van der Waals surface area contributed by atoms with Gasteiger partial charge in [0, 0.05) is 0 Å². The molecular formula is C21H27NO3. The number of carbonyl (C=O) groups excluding carboxylic acids is 1. The second kappa shape index (κ2) is 8.56. The van der Waals surface area contributed by atoms with E-state index >= 15 is 0 Å². The van der Waals surface area contributed by atoms with Crippen molar-refractivity contribution in [1.82, 2.24) is 5.32 Å². The van der Waals surface area contributed by atoms with Crippen LogP contribution in [0.15, 0.2) is 36.4 Å². The van der Waals surface area contributed by atoms with Crippen molar-refractivity contribution in [3.8, 4) is 11.5 Å². The molecule has 0 spiro atoms. The van der Waals surface area contributed by atoms with Crippen LogP contribution >= 0.6 is 0 Å². The highest BCUT2D eigenvalue weighted by molar-refractivity contribution is 5.79. The molecule has 0 fully saturated rings. The summed E-state index contributed by atoms with van der Waals surface area (Å²) >= 11 is 0. The summed E-state index contributed by atoms with van der Waals surface area (Å²) < 4.78 is 10.6. The summed E-state index contributed by atoms with van der Waals surface area (Å²) in [4.78, 5) is 12.5. The van der Waals surface area contributed by atoms with Gasteiger partial charge in [-0.05, 0) is 49.1 Å². The zero-order valence-electron chi connectivity index (χ0n) is 15.7. The third-order valence-corrected chi connectivity index (χ3v) is 4.40. The van der Waals surface area contributed by atoms with E-state index in [9.17, 15) is 4.79 Å². The second-order valence-corrected chi connectivity index (χ2v) is 6.25. The topological polar surface area (TPSA) is 47.6 Å². The smallest absolute Gasteiger partial charge is 0.224 e. The molecule has 2 aromatic rings. The van der Waals surface area contributed by atoms with Gasteiger partial charge >= 0.3 is 0 Å². The minimum atomic E-state index is -0.0574. The Labute approximate surface area is 150 Å². The van der Waals surface area contributed by atoms with E-state index in [0.29, 0.717) is 17.9 Å². The standard InChI is InChI=1S/C21H27NO3/c1-6-18(17-9-10-19(24-4)20(12-17)25-5)22-21(23)13-16-8-7-14(2)11-15(16)3/h7-12,18H,6,13H2,1-5H3,(H,22,23)/t18-/m0/s1. The van der Waals surface area contributed by atoms with E-state index < -0.39 is 0 Å². The number of nitrogens with one attached hydrogen (secondary N) is 1. The van der Waals surface area contributed by atoms with Crippen molar-refractivity contribution in [2.45, 2.75) is 39.7 Å². The first kappa shape index (κ1) is 18.8. The number of ether oxygens (including phenoxy) is 2. The van der Waals surface area contributed by atoms with Crippen molar-refractivity contribution in [2.75, 3.05) is 14.2 Å². The lowest BCUT2D eigenvalue weighted by Crippen LogP contribution is -2.29. The molecule has 25 heavy (non-hydrogen) atoms. The molecular weight excluding hydrogens is 314 g/mol. The normalized spacial score (nSPS) is 11.7. The van der Waals surface area contributed by atoms with Gasteiger partial charge in [-0.25, -0.2) is 0 Å². The SMILES string of the molecule is CC[C@H](NC(=O)Cc1ccc(C)cc1C)c1ccc(OC)c(OC)c1. The second-order valence-electron chi connectivity index (χ2n) is 6.25. The van der Waals surface area contributed by atoms with E-state index in [0.717, 1.165) is 23.1 Å². The molecule has 4 heteroatoms. The number of carbonyl (C=O) groups is 1. The van der Waals surface area contributed by atoms with Gasteiger partial charge in [-0.15, -0.1) is 0 Å². The lowest BCUT2D eigenvalue weighted by Gasteiger charge is -2.19. The van der Waals surface area contributed by atoms with Crippen molar-refractivity contribution in [3.05, 3.63) is 58.7 Å². The summed E-state index contributed by atoms with van der Waals surface area (Å²) in [5, 5.41) is 3.13. The van der Waals surface area contributed by atoms with E-state index in [-0.39, 0.29) is 11.9 Å². The maximum atomic E-state index is 12.5. The third-order valence-electron chi connectivity index (χ3n) is 4.40. The number of aryl methyl sites for hydroxylation is 2. The van der Waals surface area contributed by atoms with Gasteiger partial charge in [-0.2, -0.15) is 0 Å². The molecule has 0 bridgehead atoms. The van der Waals surface area contributed by atoms with E-state index in [1.807, 2.05) is 37.3 Å². The van der Waals surface area contributed by atoms with Gasteiger partial charge < -0.3 is 14.8 Å². The predicted octanol–water partition coefficient (Wildman–Crippen LogP) is 4.13. The Bertz CT molecular complexity index is 740. The summed E-state index contributed by atoms with van der Waals surface area (Å²) in [7, 11) is 3.22. The summed E-state index contributed by atoms with van der Waals surface area (Å²) in [5.41, 5.74) is 4.42. The molecule has 0 aromatic heterocycles. The van der Waals surface area contributed by atoms with Crippen LogP contribution in [0.3, 0.4) is 0 Å². The lowest BCUT2D eigenvalue weighted by atomic mass is 10.0. The molecule has 0 radical (unpaired) electrons. The summed E-state index contributed by atoms with van der Waals surface area (Å²) in [6, 6.07) is 11.9. The highest BCUT2D eigenvalue weighted by Gasteiger charge is 2.16. The number of amides is 1. The highest BCUT2D eigenvalue weighted by Crippen LogP contribution is 2.30. The fraction of sp³-hybridized carbons (Fsp3) is 0.381. The Morgan fingerprint density at radius 2 is 1.76 bits per heavy atom. The number of methoxy groups -OCH3 is 2. The Morgan fingerprint density at radius 1 is 1.04 bits per heavy atom. The van der Waals surface area contributed by atoms with Gasteiger partial charge in [-0.1, -0.05) is 36.8 Å². The van der Waals surface area contributed by atoms with Gasteiger partial charge in [0.25, 0.3) is 0 Å². The Hall–Kier alpha value is -2.49. The quantitative estimate of drug-likeness (QED) is 0.824. The maximum absolute atomic E-state index is 12.5. The Kier molecular flexibility index (Phi) is 6.45. The van der Waals surface area contributed by atoms with Crippen molar-refractivity contribution in [2.24, 2.45) is 0 Å². The van der Waals surface area contributed by atoms with Crippen LogP contribution in [0.5, 0.6) is 11.5 Å². The first-order valence-corrected chi connectivity index (χ1v) is 8.55. The van der Waals surface area contributed by atoms with Gasteiger partial charge in [0.1, 0.15) is 0 Å². The highest BCUT2D eigenvalue weighted by atomic mass is 16.5. The largest absolute Gasteiger partial charge is 0.493 e. The average Bonchev–Trinajstić information content (AvgIpc) is 2.61. The molecule has 1 amide bonds. The molecule has 0 aliphatic carbocycles. The minimum absolute atomic E-state index is 0.0218. The molecule has 0 aliphatic heterocycles. The van der Waals surface area contributed by atoms with Crippen LogP contribution in [-0.2, 0) is 11.2 Å². The van der Waals surface area contributed by atoms with Crippen LogP contribution in [-0.4, -0.2) is 20.1 Å². The average molecular weight is 341 g/mol. The van der Waals surface area contributed by atoms with Crippen LogP contribution in [0, 0.1) is 13.8 Å². The molecule has 0 saturated heterocycles.